The van der Waals surface area contributed by atoms with E-state index in [1.54, 1.807) is 0 Å². The summed E-state index contributed by atoms with van der Waals surface area (Å²) in [7, 11) is 0. The van der Waals surface area contributed by atoms with E-state index in [2.05, 4.69) is 29.6 Å². The minimum absolute atomic E-state index is 0.115. The van der Waals surface area contributed by atoms with Crippen molar-refractivity contribution in [3.63, 3.8) is 0 Å². The van der Waals surface area contributed by atoms with Crippen molar-refractivity contribution in [2.75, 3.05) is 6.61 Å². The number of carbonyl (C=O) groups is 1. The van der Waals surface area contributed by atoms with Crippen LogP contribution in [0.3, 0.4) is 0 Å². The van der Waals surface area contributed by atoms with Crippen LogP contribution in [0.2, 0.25) is 0 Å². The van der Waals surface area contributed by atoms with Crippen molar-refractivity contribution >= 4 is 5.91 Å². The molecule has 1 amide bonds. The summed E-state index contributed by atoms with van der Waals surface area (Å²) >= 11 is 0. The van der Waals surface area contributed by atoms with Crippen LogP contribution in [-0.4, -0.2) is 12.5 Å². The minimum atomic E-state index is 0.115. The van der Waals surface area contributed by atoms with Gasteiger partial charge in [0.15, 0.2) is 0 Å². The molecule has 2 aromatic carbocycles. The minimum Gasteiger partial charge on any atom is -0.494 e. The predicted molar refractivity (Wildman–Crippen MR) is 96.2 cm³/mol. The van der Waals surface area contributed by atoms with Gasteiger partial charge < -0.3 is 10.1 Å². The predicted octanol–water partition coefficient (Wildman–Crippen LogP) is 4.35. The zero-order chi connectivity index (χ0) is 16.8. The third kappa shape index (κ3) is 4.38. The number of aryl methyl sites for hydroxylation is 2. The number of ether oxygens (including phenoxy) is 1. The smallest absolute Gasteiger partial charge is 0.220 e. The van der Waals surface area contributed by atoms with E-state index < -0.39 is 0 Å². The molecule has 0 spiro atoms. The summed E-state index contributed by atoms with van der Waals surface area (Å²) in [6.07, 6.45) is 4.52. The Morgan fingerprint density at radius 1 is 1.21 bits per heavy atom. The Hall–Kier alpha value is -2.29. The van der Waals surface area contributed by atoms with E-state index in [1.807, 2.05) is 31.2 Å². The first-order valence-corrected chi connectivity index (χ1v) is 8.79. The molecule has 1 unspecified atom stereocenters. The number of benzene rings is 2. The first kappa shape index (κ1) is 16.6. The van der Waals surface area contributed by atoms with Crippen LogP contribution in [0.15, 0.2) is 48.5 Å². The van der Waals surface area contributed by atoms with E-state index in [0.717, 1.165) is 31.4 Å². The van der Waals surface area contributed by atoms with Gasteiger partial charge in [0.25, 0.3) is 0 Å². The van der Waals surface area contributed by atoms with Crippen molar-refractivity contribution < 1.29 is 9.53 Å². The Labute approximate surface area is 144 Å². The van der Waals surface area contributed by atoms with Crippen molar-refractivity contribution in [2.45, 2.75) is 45.1 Å². The number of fused-ring (bicyclic) bond motifs is 1. The Kier molecular flexibility index (Phi) is 5.52. The van der Waals surface area contributed by atoms with Gasteiger partial charge in [-0.15, -0.1) is 0 Å². The lowest BCUT2D eigenvalue weighted by Gasteiger charge is -2.26. The van der Waals surface area contributed by atoms with Gasteiger partial charge in [0.2, 0.25) is 5.91 Å². The Morgan fingerprint density at radius 2 is 2.08 bits per heavy atom. The molecule has 1 aliphatic rings. The van der Waals surface area contributed by atoms with Crippen LogP contribution in [0.5, 0.6) is 5.75 Å². The van der Waals surface area contributed by atoms with Crippen molar-refractivity contribution in [1.82, 2.24) is 5.32 Å². The third-order valence-corrected chi connectivity index (χ3v) is 4.51. The van der Waals surface area contributed by atoms with Gasteiger partial charge in [-0.3, -0.25) is 4.79 Å². The molecule has 3 rings (SSSR count). The second-order valence-corrected chi connectivity index (χ2v) is 6.48. The van der Waals surface area contributed by atoms with Crippen LogP contribution in [0.4, 0.5) is 0 Å². The van der Waals surface area contributed by atoms with Gasteiger partial charge >= 0.3 is 0 Å². The molecule has 0 saturated carbocycles. The second kappa shape index (κ2) is 8.00. The average molecular weight is 323 g/mol. The van der Waals surface area contributed by atoms with Gasteiger partial charge in [0.1, 0.15) is 5.75 Å². The normalized spacial score (nSPS) is 16.3. The summed E-state index contributed by atoms with van der Waals surface area (Å²) in [5, 5.41) is 3.19. The number of hydrogen-bond donors (Lipinski definition) is 1. The fourth-order valence-electron chi connectivity index (χ4n) is 3.30. The Bertz CT molecular complexity index is 696. The number of hydrogen-bond acceptors (Lipinski definition) is 2. The largest absolute Gasteiger partial charge is 0.494 e. The highest BCUT2D eigenvalue weighted by atomic mass is 16.5. The number of rotatable bonds is 6. The summed E-state index contributed by atoms with van der Waals surface area (Å²) in [6, 6.07) is 16.6. The van der Waals surface area contributed by atoms with Gasteiger partial charge in [0.05, 0.1) is 12.6 Å². The molecule has 126 valence electrons. The van der Waals surface area contributed by atoms with Gasteiger partial charge in [0, 0.05) is 6.42 Å². The summed E-state index contributed by atoms with van der Waals surface area (Å²) in [6.45, 7) is 2.61. The van der Waals surface area contributed by atoms with Crippen LogP contribution in [-0.2, 0) is 11.2 Å². The van der Waals surface area contributed by atoms with E-state index in [9.17, 15) is 4.79 Å². The molecule has 24 heavy (non-hydrogen) atoms. The monoisotopic (exact) mass is 323 g/mol. The molecular weight excluding hydrogens is 298 g/mol. The summed E-state index contributed by atoms with van der Waals surface area (Å²) < 4.78 is 5.70. The Balaban J connectivity index is 1.43. The molecule has 2 aromatic rings. The highest BCUT2D eigenvalue weighted by Gasteiger charge is 2.20. The standard InChI is InChI=1S/C21H25NO2/c1-16-7-4-10-18(15-16)24-14-6-13-21(23)22-20-12-5-9-17-8-2-3-11-19(17)20/h2-4,7-8,10-11,15,20H,5-6,9,12-14H2,1H3,(H,22,23). The van der Waals surface area contributed by atoms with Crippen LogP contribution < -0.4 is 10.1 Å². The molecule has 0 aromatic heterocycles. The van der Waals surface area contributed by atoms with Gasteiger partial charge in [-0.2, -0.15) is 0 Å². The molecular formula is C21H25NO2. The number of amides is 1. The molecule has 0 aliphatic heterocycles. The summed E-state index contributed by atoms with van der Waals surface area (Å²) in [5.74, 6) is 0.987. The second-order valence-electron chi connectivity index (χ2n) is 6.48. The van der Waals surface area contributed by atoms with Crippen molar-refractivity contribution in [1.29, 1.82) is 0 Å². The molecule has 0 heterocycles. The van der Waals surface area contributed by atoms with E-state index in [4.69, 9.17) is 4.74 Å². The number of nitrogens with one attached hydrogen (secondary N) is 1. The maximum Gasteiger partial charge on any atom is 0.220 e. The van der Waals surface area contributed by atoms with E-state index >= 15 is 0 Å². The lowest BCUT2D eigenvalue weighted by molar-refractivity contribution is -0.122. The van der Waals surface area contributed by atoms with Crippen molar-refractivity contribution in [3.05, 3.63) is 65.2 Å². The Morgan fingerprint density at radius 3 is 2.96 bits per heavy atom. The maximum atomic E-state index is 12.2. The lowest BCUT2D eigenvalue weighted by atomic mass is 9.87. The van der Waals surface area contributed by atoms with Crippen LogP contribution >= 0.6 is 0 Å². The topological polar surface area (TPSA) is 38.3 Å². The van der Waals surface area contributed by atoms with E-state index in [0.29, 0.717) is 13.0 Å². The molecule has 0 saturated heterocycles. The lowest BCUT2D eigenvalue weighted by Crippen LogP contribution is -2.31. The van der Waals surface area contributed by atoms with Crippen molar-refractivity contribution in [3.8, 4) is 5.75 Å². The van der Waals surface area contributed by atoms with Crippen LogP contribution in [0, 0.1) is 6.92 Å². The van der Waals surface area contributed by atoms with Crippen molar-refractivity contribution in [2.24, 2.45) is 0 Å². The first-order valence-electron chi connectivity index (χ1n) is 8.79. The summed E-state index contributed by atoms with van der Waals surface area (Å²) in [5.41, 5.74) is 3.84. The summed E-state index contributed by atoms with van der Waals surface area (Å²) in [4.78, 5) is 12.2. The van der Waals surface area contributed by atoms with E-state index in [1.165, 1.54) is 16.7 Å². The molecule has 0 fully saturated rings. The first-order chi connectivity index (χ1) is 11.7. The quantitative estimate of drug-likeness (QED) is 0.803. The van der Waals surface area contributed by atoms with E-state index in [-0.39, 0.29) is 11.9 Å². The highest BCUT2D eigenvalue weighted by Crippen LogP contribution is 2.29. The van der Waals surface area contributed by atoms with Gasteiger partial charge in [-0.25, -0.2) is 0 Å². The molecule has 1 N–H and O–H groups in total. The van der Waals surface area contributed by atoms with Gasteiger partial charge in [-0.05, 0) is 61.4 Å². The molecule has 0 radical (unpaired) electrons. The zero-order valence-electron chi connectivity index (χ0n) is 14.3. The average Bonchev–Trinajstić information content (AvgIpc) is 2.59. The third-order valence-electron chi connectivity index (χ3n) is 4.51. The zero-order valence-corrected chi connectivity index (χ0v) is 14.3. The molecule has 1 atom stereocenters. The van der Waals surface area contributed by atoms with Crippen LogP contribution in [0.25, 0.3) is 0 Å². The molecule has 0 bridgehead atoms. The molecule has 1 aliphatic carbocycles. The van der Waals surface area contributed by atoms with Crippen LogP contribution in [0.1, 0.15) is 48.4 Å². The maximum absolute atomic E-state index is 12.2. The molecule has 3 heteroatoms. The highest BCUT2D eigenvalue weighted by molar-refractivity contribution is 5.76. The van der Waals surface area contributed by atoms with Gasteiger partial charge in [-0.1, -0.05) is 36.4 Å². The molecule has 3 nitrogen and oxygen atoms in total. The fraction of sp³-hybridized carbons (Fsp3) is 0.381. The number of carbonyl (C=O) groups excluding carboxylic acids is 1. The SMILES string of the molecule is Cc1cccc(OCCCC(=O)NC2CCCc3ccccc32)c1. The fourth-order valence-corrected chi connectivity index (χ4v) is 3.30.